The number of hydrogen-bond donors (Lipinski definition) is 0. The van der Waals surface area contributed by atoms with Gasteiger partial charge in [-0.3, -0.25) is 0 Å². The molecule has 1 unspecified atom stereocenters. The number of benzene rings is 1. The molecule has 1 saturated heterocycles. The van der Waals surface area contributed by atoms with Crippen LogP contribution in [-0.2, 0) is 9.47 Å². The second kappa shape index (κ2) is 4.50. The first-order valence-corrected chi connectivity index (χ1v) is 6.18. The van der Waals surface area contributed by atoms with Gasteiger partial charge in [-0.15, -0.1) is 0 Å². The zero-order valence-electron chi connectivity index (χ0n) is 10.4. The monoisotopic (exact) mass is 244 g/mol. The minimum Gasteiger partial charge on any atom is -0.497 e. The molecule has 2 aliphatic heterocycles. The Morgan fingerprint density at radius 2 is 2.11 bits per heavy atom. The van der Waals surface area contributed by atoms with Gasteiger partial charge in [0.05, 0.1) is 13.7 Å². The molecule has 1 spiro atoms. The number of allylic oxidation sites excluding steroid dienone is 1. The Balaban J connectivity index is 1.75. The number of rotatable bonds is 2. The van der Waals surface area contributed by atoms with Gasteiger partial charge in [-0.2, -0.15) is 0 Å². The molecule has 0 aromatic heterocycles. The lowest BCUT2D eigenvalue weighted by atomic mass is 10.2. The Bertz CT molecular complexity index is 479. The van der Waals surface area contributed by atoms with Crippen molar-refractivity contribution in [2.24, 2.45) is 0 Å². The molecule has 3 rings (SSSR count). The fourth-order valence-corrected chi connectivity index (χ4v) is 2.27. The zero-order chi connectivity index (χ0) is 12.4. The Hall–Kier alpha value is -1.74. The summed E-state index contributed by atoms with van der Waals surface area (Å²) < 4.78 is 16.6. The highest BCUT2D eigenvalue weighted by Gasteiger charge is 2.38. The molecule has 2 heterocycles. The summed E-state index contributed by atoms with van der Waals surface area (Å²) in [6.45, 7) is 0.778. The average Bonchev–Trinajstić information content (AvgIpc) is 3.02. The summed E-state index contributed by atoms with van der Waals surface area (Å²) >= 11 is 0. The summed E-state index contributed by atoms with van der Waals surface area (Å²) in [6, 6.07) is 7.88. The first-order chi connectivity index (χ1) is 8.80. The molecule has 0 N–H and O–H groups in total. The molecule has 1 fully saturated rings. The van der Waals surface area contributed by atoms with Crippen molar-refractivity contribution in [2.45, 2.75) is 18.6 Å². The summed E-state index contributed by atoms with van der Waals surface area (Å²) in [6.07, 6.45) is 7.99. The van der Waals surface area contributed by atoms with Gasteiger partial charge in [0, 0.05) is 6.42 Å². The first kappa shape index (κ1) is 11.4. The van der Waals surface area contributed by atoms with Gasteiger partial charge in [-0.1, -0.05) is 12.1 Å². The largest absolute Gasteiger partial charge is 0.497 e. The third-order valence-electron chi connectivity index (χ3n) is 3.23. The lowest BCUT2D eigenvalue weighted by Crippen LogP contribution is -2.24. The third kappa shape index (κ3) is 2.14. The van der Waals surface area contributed by atoms with Gasteiger partial charge in [0.25, 0.3) is 0 Å². The van der Waals surface area contributed by atoms with Crippen LogP contribution in [0, 0.1) is 0 Å². The molecule has 0 bridgehead atoms. The Kier molecular flexibility index (Phi) is 2.84. The average molecular weight is 244 g/mol. The van der Waals surface area contributed by atoms with Gasteiger partial charge in [0.1, 0.15) is 11.5 Å². The molecule has 0 radical (unpaired) electrons. The predicted molar refractivity (Wildman–Crippen MR) is 69.1 cm³/mol. The molecule has 1 atom stereocenters. The van der Waals surface area contributed by atoms with E-state index in [-0.39, 0.29) is 0 Å². The van der Waals surface area contributed by atoms with Gasteiger partial charge in [0.15, 0.2) is 0 Å². The van der Waals surface area contributed by atoms with Crippen LogP contribution in [-0.4, -0.2) is 19.5 Å². The van der Waals surface area contributed by atoms with Crippen LogP contribution in [0.15, 0.2) is 42.2 Å². The van der Waals surface area contributed by atoms with Crippen molar-refractivity contribution in [3.63, 3.8) is 0 Å². The minimum absolute atomic E-state index is 0.488. The van der Waals surface area contributed by atoms with Crippen LogP contribution in [0.4, 0.5) is 0 Å². The molecule has 3 heteroatoms. The van der Waals surface area contributed by atoms with E-state index in [4.69, 9.17) is 14.2 Å². The number of hydrogen-bond acceptors (Lipinski definition) is 3. The maximum atomic E-state index is 5.87. The van der Waals surface area contributed by atoms with E-state index in [2.05, 4.69) is 0 Å². The van der Waals surface area contributed by atoms with Gasteiger partial charge in [-0.05, 0) is 42.3 Å². The van der Waals surface area contributed by atoms with E-state index in [1.807, 2.05) is 42.5 Å². The summed E-state index contributed by atoms with van der Waals surface area (Å²) in [5.74, 6) is 1.22. The maximum Gasteiger partial charge on any atom is 0.230 e. The summed E-state index contributed by atoms with van der Waals surface area (Å²) in [5.41, 5.74) is 1.09. The van der Waals surface area contributed by atoms with Crippen LogP contribution in [0.5, 0.6) is 5.75 Å². The number of ether oxygens (including phenoxy) is 3. The van der Waals surface area contributed by atoms with E-state index in [9.17, 15) is 0 Å². The minimum atomic E-state index is -0.488. The number of methoxy groups -OCH3 is 1. The second-order valence-electron chi connectivity index (χ2n) is 4.52. The molecule has 3 nitrogen and oxygen atoms in total. The molecule has 18 heavy (non-hydrogen) atoms. The summed E-state index contributed by atoms with van der Waals surface area (Å²) in [4.78, 5) is 0. The Morgan fingerprint density at radius 3 is 2.78 bits per heavy atom. The highest BCUT2D eigenvalue weighted by molar-refractivity contribution is 5.56. The maximum absolute atomic E-state index is 5.87. The quantitative estimate of drug-likeness (QED) is 0.800. The lowest BCUT2D eigenvalue weighted by molar-refractivity contribution is -0.135. The van der Waals surface area contributed by atoms with Crippen molar-refractivity contribution in [2.75, 3.05) is 13.7 Å². The second-order valence-corrected chi connectivity index (χ2v) is 4.52. The van der Waals surface area contributed by atoms with Crippen molar-refractivity contribution < 1.29 is 14.2 Å². The van der Waals surface area contributed by atoms with Crippen LogP contribution < -0.4 is 4.74 Å². The van der Waals surface area contributed by atoms with E-state index in [0.29, 0.717) is 0 Å². The SMILES string of the molecule is COc1ccc(/C=C2/C=CC3(CCCO3)O2)cc1. The van der Waals surface area contributed by atoms with Crippen LogP contribution in [0.3, 0.4) is 0 Å². The molecule has 1 aromatic carbocycles. The van der Waals surface area contributed by atoms with Crippen LogP contribution in [0.2, 0.25) is 0 Å². The third-order valence-corrected chi connectivity index (χ3v) is 3.23. The summed E-state index contributed by atoms with van der Waals surface area (Å²) in [7, 11) is 1.66. The summed E-state index contributed by atoms with van der Waals surface area (Å²) in [5, 5.41) is 0. The van der Waals surface area contributed by atoms with Crippen molar-refractivity contribution >= 4 is 6.08 Å². The standard InChI is InChI=1S/C15H16O3/c1-16-13-5-3-12(4-6-13)11-14-7-9-15(18-14)8-2-10-17-15/h3-7,9,11H,2,8,10H2,1H3/b14-11-. The molecule has 1 aromatic rings. The fourth-order valence-electron chi connectivity index (χ4n) is 2.27. The van der Waals surface area contributed by atoms with Crippen LogP contribution in [0.1, 0.15) is 18.4 Å². The van der Waals surface area contributed by atoms with E-state index < -0.39 is 5.79 Å². The van der Waals surface area contributed by atoms with Gasteiger partial charge in [0.2, 0.25) is 5.79 Å². The topological polar surface area (TPSA) is 27.7 Å². The normalized spacial score (nSPS) is 27.9. The van der Waals surface area contributed by atoms with Crippen molar-refractivity contribution in [3.05, 3.63) is 47.7 Å². The molecule has 0 saturated carbocycles. The zero-order valence-corrected chi connectivity index (χ0v) is 10.4. The Morgan fingerprint density at radius 1 is 1.28 bits per heavy atom. The fraction of sp³-hybridized carbons (Fsp3) is 0.333. The smallest absolute Gasteiger partial charge is 0.230 e. The van der Waals surface area contributed by atoms with Gasteiger partial charge >= 0.3 is 0 Å². The molecule has 94 valence electrons. The van der Waals surface area contributed by atoms with E-state index in [1.54, 1.807) is 7.11 Å². The highest BCUT2D eigenvalue weighted by Crippen LogP contribution is 2.36. The van der Waals surface area contributed by atoms with E-state index in [1.165, 1.54) is 0 Å². The van der Waals surface area contributed by atoms with Crippen LogP contribution in [0.25, 0.3) is 6.08 Å². The molecule has 2 aliphatic rings. The molecular formula is C15H16O3. The predicted octanol–water partition coefficient (Wildman–Crippen LogP) is 3.13. The van der Waals surface area contributed by atoms with Crippen molar-refractivity contribution in [1.29, 1.82) is 0 Å². The van der Waals surface area contributed by atoms with Gasteiger partial charge in [-0.25, -0.2) is 0 Å². The first-order valence-electron chi connectivity index (χ1n) is 6.18. The van der Waals surface area contributed by atoms with Crippen molar-refractivity contribution in [3.8, 4) is 5.75 Å². The molecule has 0 amide bonds. The molecule has 0 aliphatic carbocycles. The van der Waals surface area contributed by atoms with E-state index in [0.717, 1.165) is 36.5 Å². The lowest BCUT2D eigenvalue weighted by Gasteiger charge is -2.20. The highest BCUT2D eigenvalue weighted by atomic mass is 16.7. The van der Waals surface area contributed by atoms with Crippen LogP contribution >= 0.6 is 0 Å². The van der Waals surface area contributed by atoms with E-state index >= 15 is 0 Å². The Labute approximate surface area is 107 Å². The van der Waals surface area contributed by atoms with Crippen molar-refractivity contribution in [1.82, 2.24) is 0 Å². The molecular weight excluding hydrogens is 228 g/mol. The van der Waals surface area contributed by atoms with Gasteiger partial charge < -0.3 is 14.2 Å².